The van der Waals surface area contributed by atoms with Crippen molar-refractivity contribution in [2.45, 2.75) is 18.9 Å². The van der Waals surface area contributed by atoms with Gasteiger partial charge >= 0.3 is 0 Å². The first-order chi connectivity index (χ1) is 9.79. The van der Waals surface area contributed by atoms with Crippen LogP contribution in [0.3, 0.4) is 0 Å². The number of methoxy groups -OCH3 is 1. The smallest absolute Gasteiger partial charge is 0.127 e. The first-order valence-electron chi connectivity index (χ1n) is 7.28. The summed E-state index contributed by atoms with van der Waals surface area (Å²) in [4.78, 5) is 2.49. The molecule has 2 aliphatic rings. The predicted molar refractivity (Wildman–Crippen MR) is 88.5 cm³/mol. The Morgan fingerprint density at radius 2 is 1.90 bits per heavy atom. The van der Waals surface area contributed by atoms with Gasteiger partial charge < -0.3 is 4.74 Å². The number of ether oxygens (including phenoxy) is 1. The molecule has 0 radical (unpaired) electrons. The van der Waals surface area contributed by atoms with Crippen molar-refractivity contribution in [1.82, 2.24) is 4.90 Å². The van der Waals surface area contributed by atoms with Crippen LogP contribution in [0.1, 0.15) is 22.7 Å². The fourth-order valence-electron chi connectivity index (χ4n) is 3.77. The monoisotopic (exact) mass is 301 g/mol. The molecule has 3 heteroatoms. The van der Waals surface area contributed by atoms with E-state index in [9.17, 15) is 0 Å². The van der Waals surface area contributed by atoms with Gasteiger partial charge in [0.15, 0.2) is 0 Å². The van der Waals surface area contributed by atoms with Crippen LogP contribution >= 0.6 is 12.4 Å². The molecule has 1 heterocycles. The standard InChI is InChI=1S/C18H19NO.ClH/c1-19-10-9-12-7-8-16(20-2)18-14-6-4-3-5-13(14)11-15(19)17(12)18;/h3-8,15H,9-11H2,1-2H3;1H. The Labute approximate surface area is 132 Å². The van der Waals surface area contributed by atoms with E-state index in [4.69, 9.17) is 4.74 Å². The van der Waals surface area contributed by atoms with Crippen LogP contribution < -0.4 is 4.74 Å². The zero-order chi connectivity index (χ0) is 13.7. The molecule has 0 N–H and O–H groups in total. The van der Waals surface area contributed by atoms with Gasteiger partial charge in [0.05, 0.1) is 7.11 Å². The van der Waals surface area contributed by atoms with E-state index in [0.29, 0.717) is 6.04 Å². The number of benzene rings is 2. The molecule has 0 saturated carbocycles. The summed E-state index contributed by atoms with van der Waals surface area (Å²) >= 11 is 0. The molecule has 0 saturated heterocycles. The van der Waals surface area contributed by atoms with Crippen molar-refractivity contribution in [3.05, 3.63) is 53.1 Å². The van der Waals surface area contributed by atoms with Crippen molar-refractivity contribution < 1.29 is 4.74 Å². The normalized spacial score (nSPS) is 19.2. The molecular weight excluding hydrogens is 282 g/mol. The summed E-state index contributed by atoms with van der Waals surface area (Å²) in [6.07, 6.45) is 2.25. The van der Waals surface area contributed by atoms with Gasteiger partial charge in [-0.15, -0.1) is 12.4 Å². The average Bonchev–Trinajstić information content (AvgIpc) is 2.50. The van der Waals surface area contributed by atoms with Gasteiger partial charge in [-0.1, -0.05) is 30.3 Å². The summed E-state index contributed by atoms with van der Waals surface area (Å²) in [6.45, 7) is 1.14. The highest BCUT2D eigenvalue weighted by Crippen LogP contribution is 2.48. The predicted octanol–water partition coefficient (Wildman–Crippen LogP) is 3.87. The lowest BCUT2D eigenvalue weighted by molar-refractivity contribution is 0.227. The minimum Gasteiger partial charge on any atom is -0.496 e. The SMILES string of the molecule is COc1ccc2c3c1-c1ccccc1CC3N(C)CC2.Cl. The molecule has 2 aromatic carbocycles. The maximum atomic E-state index is 5.66. The van der Waals surface area contributed by atoms with Crippen LogP contribution in [-0.2, 0) is 12.8 Å². The van der Waals surface area contributed by atoms with E-state index >= 15 is 0 Å². The molecule has 4 rings (SSSR count). The lowest BCUT2D eigenvalue weighted by Crippen LogP contribution is -2.35. The lowest BCUT2D eigenvalue weighted by atomic mass is 9.77. The molecule has 21 heavy (non-hydrogen) atoms. The van der Waals surface area contributed by atoms with E-state index in [-0.39, 0.29) is 12.4 Å². The number of hydrogen-bond acceptors (Lipinski definition) is 2. The Bertz CT molecular complexity index is 683. The highest BCUT2D eigenvalue weighted by Gasteiger charge is 2.34. The molecule has 1 unspecified atom stereocenters. The number of likely N-dealkylation sites (N-methyl/N-ethyl adjacent to an activating group) is 1. The van der Waals surface area contributed by atoms with E-state index in [1.807, 2.05) is 0 Å². The highest BCUT2D eigenvalue weighted by atomic mass is 35.5. The Hall–Kier alpha value is -1.51. The van der Waals surface area contributed by atoms with E-state index in [0.717, 1.165) is 25.1 Å². The van der Waals surface area contributed by atoms with E-state index in [1.165, 1.54) is 27.8 Å². The number of fused-ring (bicyclic) bond motifs is 2. The summed E-state index contributed by atoms with van der Waals surface area (Å²) in [5, 5.41) is 0. The van der Waals surface area contributed by atoms with Crippen LogP contribution in [0, 0.1) is 0 Å². The quantitative estimate of drug-likeness (QED) is 0.793. The van der Waals surface area contributed by atoms with Crippen LogP contribution in [0.4, 0.5) is 0 Å². The van der Waals surface area contributed by atoms with Gasteiger partial charge in [-0.25, -0.2) is 0 Å². The summed E-state index contributed by atoms with van der Waals surface area (Å²) < 4.78 is 5.66. The Morgan fingerprint density at radius 1 is 1.10 bits per heavy atom. The lowest BCUT2D eigenvalue weighted by Gasteiger charge is -2.40. The molecule has 0 aromatic heterocycles. The first kappa shape index (κ1) is 14.4. The molecule has 1 aliphatic heterocycles. The largest absolute Gasteiger partial charge is 0.496 e. The first-order valence-corrected chi connectivity index (χ1v) is 7.28. The second kappa shape index (κ2) is 5.36. The molecule has 0 amide bonds. The Morgan fingerprint density at radius 3 is 2.71 bits per heavy atom. The molecular formula is C18H20ClNO. The van der Waals surface area contributed by atoms with Gasteiger partial charge in [0.2, 0.25) is 0 Å². The van der Waals surface area contributed by atoms with E-state index in [2.05, 4.69) is 48.3 Å². The minimum atomic E-state index is 0. The maximum Gasteiger partial charge on any atom is 0.127 e. The Balaban J connectivity index is 0.00000132. The molecule has 2 nitrogen and oxygen atoms in total. The number of hydrogen-bond donors (Lipinski definition) is 0. The van der Waals surface area contributed by atoms with Crippen LogP contribution in [0.15, 0.2) is 36.4 Å². The van der Waals surface area contributed by atoms with Crippen LogP contribution in [0.25, 0.3) is 11.1 Å². The van der Waals surface area contributed by atoms with Crippen molar-refractivity contribution in [3.8, 4) is 16.9 Å². The Kier molecular flexibility index (Phi) is 3.68. The third-order valence-electron chi connectivity index (χ3n) is 4.82. The van der Waals surface area contributed by atoms with Crippen molar-refractivity contribution in [1.29, 1.82) is 0 Å². The third kappa shape index (κ3) is 2.05. The summed E-state index contributed by atoms with van der Waals surface area (Å²) in [7, 11) is 4.02. The molecule has 0 spiro atoms. The number of nitrogens with zero attached hydrogens (tertiary/aromatic N) is 1. The van der Waals surface area contributed by atoms with Crippen LogP contribution in [0.2, 0.25) is 0 Å². The van der Waals surface area contributed by atoms with E-state index < -0.39 is 0 Å². The van der Waals surface area contributed by atoms with Gasteiger partial charge in [-0.2, -0.15) is 0 Å². The van der Waals surface area contributed by atoms with Crippen molar-refractivity contribution in [2.24, 2.45) is 0 Å². The fraction of sp³-hybridized carbons (Fsp3) is 0.333. The molecule has 110 valence electrons. The van der Waals surface area contributed by atoms with E-state index in [1.54, 1.807) is 7.11 Å². The molecule has 0 fully saturated rings. The summed E-state index contributed by atoms with van der Waals surface area (Å²) in [5.41, 5.74) is 7.11. The minimum absolute atomic E-state index is 0. The summed E-state index contributed by atoms with van der Waals surface area (Å²) in [6, 6.07) is 13.7. The molecule has 1 atom stereocenters. The van der Waals surface area contributed by atoms with Crippen molar-refractivity contribution >= 4 is 12.4 Å². The van der Waals surface area contributed by atoms with Gasteiger partial charge in [0.1, 0.15) is 5.75 Å². The van der Waals surface area contributed by atoms with Crippen LogP contribution in [-0.4, -0.2) is 25.6 Å². The van der Waals surface area contributed by atoms with Gasteiger partial charge in [-0.3, -0.25) is 4.90 Å². The van der Waals surface area contributed by atoms with Crippen molar-refractivity contribution in [3.63, 3.8) is 0 Å². The molecule has 0 bridgehead atoms. The highest BCUT2D eigenvalue weighted by molar-refractivity contribution is 5.85. The zero-order valence-corrected chi connectivity index (χ0v) is 13.2. The maximum absolute atomic E-state index is 5.66. The average molecular weight is 302 g/mol. The second-order valence-electron chi connectivity index (χ2n) is 5.82. The topological polar surface area (TPSA) is 12.5 Å². The van der Waals surface area contributed by atoms with Gasteiger partial charge in [0, 0.05) is 18.2 Å². The second-order valence-corrected chi connectivity index (χ2v) is 5.82. The molecule has 1 aliphatic carbocycles. The fourth-order valence-corrected chi connectivity index (χ4v) is 3.77. The van der Waals surface area contributed by atoms with Gasteiger partial charge in [-0.05, 0) is 48.2 Å². The molecule has 2 aromatic rings. The van der Waals surface area contributed by atoms with Gasteiger partial charge in [0.25, 0.3) is 0 Å². The number of rotatable bonds is 1. The number of halogens is 1. The zero-order valence-electron chi connectivity index (χ0n) is 12.4. The summed E-state index contributed by atoms with van der Waals surface area (Å²) in [5.74, 6) is 1.01. The van der Waals surface area contributed by atoms with Crippen molar-refractivity contribution in [2.75, 3.05) is 20.7 Å². The third-order valence-corrected chi connectivity index (χ3v) is 4.82. The van der Waals surface area contributed by atoms with Crippen LogP contribution in [0.5, 0.6) is 5.75 Å².